The van der Waals surface area contributed by atoms with E-state index in [0.717, 1.165) is 12.8 Å². The van der Waals surface area contributed by atoms with Crippen LogP contribution < -0.4 is 0 Å². The first-order chi connectivity index (χ1) is 9.05. The largest absolute Gasteiger partial charge is 0.384 e. The number of hydrogen-bond donors (Lipinski definition) is 0. The number of rotatable bonds is 4. The van der Waals surface area contributed by atoms with Crippen LogP contribution in [0.25, 0.3) is 0 Å². The van der Waals surface area contributed by atoms with E-state index in [1.807, 2.05) is 0 Å². The fourth-order valence-electron chi connectivity index (χ4n) is 2.24. The highest BCUT2D eigenvalue weighted by atomic mass is 35.5. The predicted octanol–water partition coefficient (Wildman–Crippen LogP) is 1.78. The van der Waals surface area contributed by atoms with Gasteiger partial charge in [0, 0.05) is 39.2 Å². The van der Waals surface area contributed by atoms with E-state index < -0.39 is 10.0 Å². The minimum absolute atomic E-state index is 0.0851. The number of methoxy groups -OCH3 is 1. The van der Waals surface area contributed by atoms with E-state index in [2.05, 4.69) is 4.98 Å². The highest BCUT2D eigenvalue weighted by Gasteiger charge is 2.30. The standard InChI is InChI=1S/C12H17ClN2O3S/c1-18-9-10-3-6-15(7-4-10)19(16,17)12-8-14-5-2-11(12)13/h2,5,8,10H,3-4,6-7,9H2,1H3. The number of pyridine rings is 1. The molecule has 1 aromatic heterocycles. The summed E-state index contributed by atoms with van der Waals surface area (Å²) in [5.41, 5.74) is 0. The summed E-state index contributed by atoms with van der Waals surface area (Å²) in [5, 5.41) is 0.217. The van der Waals surface area contributed by atoms with Gasteiger partial charge in [-0.25, -0.2) is 8.42 Å². The third kappa shape index (κ3) is 3.25. The Labute approximate surface area is 118 Å². The number of piperidine rings is 1. The molecule has 2 heterocycles. The summed E-state index contributed by atoms with van der Waals surface area (Å²) in [6.07, 6.45) is 4.40. The number of ether oxygens (including phenoxy) is 1. The molecular formula is C12H17ClN2O3S. The molecule has 0 radical (unpaired) electrons. The molecule has 0 bridgehead atoms. The Kier molecular flexibility index (Phi) is 4.78. The molecule has 1 aliphatic rings. The van der Waals surface area contributed by atoms with Gasteiger partial charge in [0.1, 0.15) is 4.90 Å². The molecule has 1 fully saturated rings. The molecule has 0 unspecified atom stereocenters. The maximum absolute atomic E-state index is 12.4. The Morgan fingerprint density at radius 3 is 2.74 bits per heavy atom. The van der Waals surface area contributed by atoms with Gasteiger partial charge in [0.25, 0.3) is 0 Å². The molecule has 1 aromatic rings. The fourth-order valence-corrected chi connectivity index (χ4v) is 4.12. The number of sulfonamides is 1. The van der Waals surface area contributed by atoms with Crippen LogP contribution in [0.15, 0.2) is 23.4 Å². The summed E-state index contributed by atoms with van der Waals surface area (Å²) in [7, 11) is -1.87. The molecule has 0 saturated carbocycles. The van der Waals surface area contributed by atoms with Gasteiger partial charge in [0.15, 0.2) is 0 Å². The Morgan fingerprint density at radius 1 is 1.47 bits per heavy atom. The summed E-state index contributed by atoms with van der Waals surface area (Å²) >= 11 is 5.94. The molecule has 7 heteroatoms. The average molecular weight is 305 g/mol. The van der Waals surface area contributed by atoms with Gasteiger partial charge in [-0.15, -0.1) is 0 Å². The third-order valence-electron chi connectivity index (χ3n) is 3.33. The second-order valence-corrected chi connectivity index (χ2v) is 6.92. The predicted molar refractivity (Wildman–Crippen MR) is 72.6 cm³/mol. The number of hydrogen-bond acceptors (Lipinski definition) is 4. The SMILES string of the molecule is COCC1CCN(S(=O)(=O)c2cnccc2Cl)CC1. The summed E-state index contributed by atoms with van der Waals surface area (Å²) in [6, 6.07) is 1.49. The van der Waals surface area contributed by atoms with Gasteiger partial charge in [-0.1, -0.05) is 11.6 Å². The van der Waals surface area contributed by atoms with Gasteiger partial charge in [0.05, 0.1) is 5.02 Å². The van der Waals surface area contributed by atoms with Crippen LogP contribution in [-0.2, 0) is 14.8 Å². The molecule has 106 valence electrons. The highest BCUT2D eigenvalue weighted by molar-refractivity contribution is 7.89. The monoisotopic (exact) mass is 304 g/mol. The van der Waals surface area contributed by atoms with Crippen LogP contribution in [0.3, 0.4) is 0 Å². The van der Waals surface area contributed by atoms with Crippen LogP contribution in [0.5, 0.6) is 0 Å². The Hall–Kier alpha value is -0.690. The Bertz CT molecular complexity index is 528. The van der Waals surface area contributed by atoms with Gasteiger partial charge in [-0.3, -0.25) is 4.98 Å². The second kappa shape index (κ2) is 6.17. The van der Waals surface area contributed by atoms with E-state index in [0.29, 0.717) is 25.6 Å². The smallest absolute Gasteiger partial charge is 0.246 e. The summed E-state index contributed by atoms with van der Waals surface area (Å²) < 4.78 is 31.5. The van der Waals surface area contributed by atoms with Crippen LogP contribution in [0.1, 0.15) is 12.8 Å². The summed E-state index contributed by atoms with van der Waals surface area (Å²) in [4.78, 5) is 3.93. The maximum Gasteiger partial charge on any atom is 0.246 e. The van der Waals surface area contributed by atoms with E-state index >= 15 is 0 Å². The van der Waals surface area contributed by atoms with E-state index in [1.54, 1.807) is 7.11 Å². The van der Waals surface area contributed by atoms with Gasteiger partial charge in [0.2, 0.25) is 10.0 Å². The van der Waals surface area contributed by atoms with Crippen molar-refractivity contribution in [1.29, 1.82) is 0 Å². The first-order valence-corrected chi connectivity index (χ1v) is 7.96. The quantitative estimate of drug-likeness (QED) is 0.851. The zero-order valence-corrected chi connectivity index (χ0v) is 12.3. The molecule has 0 atom stereocenters. The van der Waals surface area contributed by atoms with Crippen molar-refractivity contribution in [2.75, 3.05) is 26.8 Å². The molecule has 19 heavy (non-hydrogen) atoms. The topological polar surface area (TPSA) is 59.5 Å². The number of halogens is 1. The molecule has 2 rings (SSSR count). The molecule has 0 aromatic carbocycles. The van der Waals surface area contributed by atoms with E-state index in [4.69, 9.17) is 16.3 Å². The van der Waals surface area contributed by atoms with Crippen molar-refractivity contribution >= 4 is 21.6 Å². The lowest BCUT2D eigenvalue weighted by atomic mass is 9.99. The molecule has 5 nitrogen and oxygen atoms in total. The van der Waals surface area contributed by atoms with E-state index in [9.17, 15) is 8.42 Å². The Balaban J connectivity index is 2.12. The highest BCUT2D eigenvalue weighted by Crippen LogP contribution is 2.27. The van der Waals surface area contributed by atoms with Gasteiger partial charge in [-0.05, 0) is 24.8 Å². The molecule has 0 N–H and O–H groups in total. The summed E-state index contributed by atoms with van der Waals surface area (Å²) in [6.45, 7) is 1.69. The zero-order chi connectivity index (χ0) is 13.9. The lowest BCUT2D eigenvalue weighted by Gasteiger charge is -2.30. The molecule has 1 aliphatic heterocycles. The van der Waals surface area contributed by atoms with Crippen molar-refractivity contribution in [1.82, 2.24) is 9.29 Å². The van der Waals surface area contributed by atoms with Crippen molar-refractivity contribution in [2.45, 2.75) is 17.7 Å². The molecule has 0 amide bonds. The van der Waals surface area contributed by atoms with Crippen LogP contribution in [0.2, 0.25) is 5.02 Å². The zero-order valence-electron chi connectivity index (χ0n) is 10.8. The summed E-state index contributed by atoms with van der Waals surface area (Å²) in [5.74, 6) is 0.431. The fraction of sp³-hybridized carbons (Fsp3) is 0.583. The van der Waals surface area contributed by atoms with E-state index in [-0.39, 0.29) is 9.92 Å². The van der Waals surface area contributed by atoms with Crippen molar-refractivity contribution in [3.05, 3.63) is 23.5 Å². The van der Waals surface area contributed by atoms with Crippen molar-refractivity contribution in [3.8, 4) is 0 Å². The number of aromatic nitrogens is 1. The number of nitrogens with zero attached hydrogens (tertiary/aromatic N) is 2. The van der Waals surface area contributed by atoms with Crippen molar-refractivity contribution < 1.29 is 13.2 Å². The van der Waals surface area contributed by atoms with Gasteiger partial charge < -0.3 is 4.74 Å². The lowest BCUT2D eigenvalue weighted by Crippen LogP contribution is -2.39. The van der Waals surface area contributed by atoms with Gasteiger partial charge in [-0.2, -0.15) is 4.31 Å². The first-order valence-electron chi connectivity index (χ1n) is 6.14. The maximum atomic E-state index is 12.4. The van der Waals surface area contributed by atoms with Crippen LogP contribution in [0, 0.1) is 5.92 Å². The van der Waals surface area contributed by atoms with Crippen LogP contribution in [-0.4, -0.2) is 44.5 Å². The molecule has 0 aliphatic carbocycles. The van der Waals surface area contributed by atoms with Crippen LogP contribution >= 0.6 is 11.6 Å². The minimum atomic E-state index is -3.53. The molecular weight excluding hydrogens is 288 g/mol. The second-order valence-electron chi connectivity index (χ2n) is 4.61. The molecule has 0 spiro atoms. The van der Waals surface area contributed by atoms with Crippen molar-refractivity contribution in [3.63, 3.8) is 0 Å². The lowest BCUT2D eigenvalue weighted by molar-refractivity contribution is 0.121. The first kappa shape index (κ1) is 14.7. The van der Waals surface area contributed by atoms with E-state index in [1.165, 1.54) is 22.8 Å². The van der Waals surface area contributed by atoms with Crippen LogP contribution in [0.4, 0.5) is 0 Å². The molecule has 1 saturated heterocycles. The van der Waals surface area contributed by atoms with Crippen molar-refractivity contribution in [2.24, 2.45) is 5.92 Å². The Morgan fingerprint density at radius 2 is 2.16 bits per heavy atom. The normalized spacial score (nSPS) is 18.6. The third-order valence-corrected chi connectivity index (χ3v) is 5.70. The minimum Gasteiger partial charge on any atom is -0.384 e. The van der Waals surface area contributed by atoms with Gasteiger partial charge >= 0.3 is 0 Å². The average Bonchev–Trinajstić information content (AvgIpc) is 2.40.